The van der Waals surface area contributed by atoms with Crippen molar-refractivity contribution < 1.29 is 18.3 Å². The van der Waals surface area contributed by atoms with Gasteiger partial charge in [0.1, 0.15) is 11.6 Å². The third kappa shape index (κ3) is 6.50. The Bertz CT molecular complexity index is 761. The van der Waals surface area contributed by atoms with E-state index in [9.17, 15) is 13.6 Å². The van der Waals surface area contributed by atoms with Gasteiger partial charge in [0.2, 0.25) is 5.91 Å². The van der Waals surface area contributed by atoms with E-state index in [4.69, 9.17) is 4.74 Å². The summed E-state index contributed by atoms with van der Waals surface area (Å²) < 4.78 is 34.0. The standard InChI is InChI=1S/C22H33F2N5O2.HI/c1-25-22(26-15-19(27(2)3)20-17(23)5-4-6-18(20)24)29-9-7-16(8-10-29)21(30)28-11-13-31-14-12-28;/h4-6,16,19H,7-15H2,1-3H3,(H,25,26);1H. The van der Waals surface area contributed by atoms with Crippen LogP contribution in [0.4, 0.5) is 8.78 Å². The van der Waals surface area contributed by atoms with Crippen molar-refractivity contribution in [3.05, 3.63) is 35.4 Å². The van der Waals surface area contributed by atoms with Gasteiger partial charge in [-0.05, 0) is 39.1 Å². The van der Waals surface area contributed by atoms with Crippen LogP contribution in [0.15, 0.2) is 23.2 Å². The molecule has 2 saturated heterocycles. The molecule has 7 nitrogen and oxygen atoms in total. The zero-order chi connectivity index (χ0) is 22.4. The monoisotopic (exact) mass is 565 g/mol. The molecule has 0 aliphatic carbocycles. The van der Waals surface area contributed by atoms with Gasteiger partial charge in [-0.25, -0.2) is 8.78 Å². The molecule has 1 atom stereocenters. The molecule has 10 heteroatoms. The Morgan fingerprint density at radius 3 is 2.28 bits per heavy atom. The van der Waals surface area contributed by atoms with Crippen molar-refractivity contribution in [3.8, 4) is 0 Å². The molecule has 0 spiro atoms. The Morgan fingerprint density at radius 2 is 1.75 bits per heavy atom. The number of nitrogens with zero attached hydrogens (tertiary/aromatic N) is 4. The fourth-order valence-corrected chi connectivity index (χ4v) is 4.27. The van der Waals surface area contributed by atoms with Gasteiger partial charge in [0.15, 0.2) is 5.96 Å². The van der Waals surface area contributed by atoms with Crippen molar-refractivity contribution in [2.45, 2.75) is 18.9 Å². The molecule has 1 amide bonds. The van der Waals surface area contributed by atoms with Crippen LogP contribution in [0.25, 0.3) is 0 Å². The number of piperidine rings is 1. The fraction of sp³-hybridized carbons (Fsp3) is 0.636. The highest BCUT2D eigenvalue weighted by molar-refractivity contribution is 14.0. The number of hydrogen-bond acceptors (Lipinski definition) is 4. The number of halogens is 3. The Morgan fingerprint density at radius 1 is 1.16 bits per heavy atom. The van der Waals surface area contributed by atoms with Crippen molar-refractivity contribution in [1.82, 2.24) is 20.0 Å². The van der Waals surface area contributed by atoms with E-state index in [1.807, 2.05) is 4.90 Å². The van der Waals surface area contributed by atoms with Crippen LogP contribution in [0.5, 0.6) is 0 Å². The minimum atomic E-state index is -0.557. The second-order valence-corrected chi connectivity index (χ2v) is 8.24. The summed E-state index contributed by atoms with van der Waals surface area (Å²) >= 11 is 0. The Labute approximate surface area is 206 Å². The topological polar surface area (TPSA) is 60.4 Å². The molecule has 1 unspecified atom stereocenters. The smallest absolute Gasteiger partial charge is 0.225 e. The molecular weight excluding hydrogens is 531 g/mol. The number of ether oxygens (including phenoxy) is 1. The molecule has 1 N–H and O–H groups in total. The largest absolute Gasteiger partial charge is 0.378 e. The second-order valence-electron chi connectivity index (χ2n) is 8.24. The van der Waals surface area contributed by atoms with E-state index in [1.165, 1.54) is 18.2 Å². The van der Waals surface area contributed by atoms with E-state index in [2.05, 4.69) is 15.2 Å². The zero-order valence-electron chi connectivity index (χ0n) is 19.0. The molecule has 2 aliphatic rings. The highest BCUT2D eigenvalue weighted by atomic mass is 127. The second kappa shape index (κ2) is 12.6. The van der Waals surface area contributed by atoms with Crippen molar-refractivity contribution in [1.29, 1.82) is 0 Å². The lowest BCUT2D eigenvalue weighted by Gasteiger charge is -2.37. The number of morpholine rings is 1. The summed E-state index contributed by atoms with van der Waals surface area (Å²) in [5.41, 5.74) is 0.0465. The normalized spacial score (nSPS) is 19.0. The van der Waals surface area contributed by atoms with Crippen LogP contribution in [0.3, 0.4) is 0 Å². The SMILES string of the molecule is CN=C(NCC(c1c(F)cccc1F)N(C)C)N1CCC(C(=O)N2CCOCC2)CC1.I. The number of aliphatic imine (C=N–C) groups is 1. The Balaban J connectivity index is 0.00000363. The summed E-state index contributed by atoms with van der Waals surface area (Å²) in [5.74, 6) is -0.195. The maximum Gasteiger partial charge on any atom is 0.225 e. The molecular formula is C22H34F2IN5O2. The van der Waals surface area contributed by atoms with Crippen molar-refractivity contribution in [3.63, 3.8) is 0 Å². The summed E-state index contributed by atoms with van der Waals surface area (Å²) in [6.45, 7) is 4.28. The first kappa shape index (κ1) is 26.7. The number of carbonyl (C=O) groups is 1. The van der Waals surface area contributed by atoms with Gasteiger partial charge in [0.25, 0.3) is 0 Å². The van der Waals surface area contributed by atoms with Crippen LogP contribution in [-0.4, -0.2) is 93.6 Å². The van der Waals surface area contributed by atoms with E-state index in [-0.39, 0.29) is 41.4 Å². The van der Waals surface area contributed by atoms with E-state index in [0.29, 0.717) is 51.9 Å². The van der Waals surface area contributed by atoms with Crippen molar-refractivity contribution >= 4 is 35.8 Å². The summed E-state index contributed by atoms with van der Waals surface area (Å²) in [6, 6.07) is 3.44. The molecule has 180 valence electrons. The molecule has 0 saturated carbocycles. The lowest BCUT2D eigenvalue weighted by molar-refractivity contribution is -0.140. The molecule has 2 heterocycles. The molecule has 0 bridgehead atoms. The van der Waals surface area contributed by atoms with Gasteiger partial charge >= 0.3 is 0 Å². The fourth-order valence-electron chi connectivity index (χ4n) is 4.27. The molecule has 1 aromatic rings. The summed E-state index contributed by atoms with van der Waals surface area (Å²) in [5, 5.41) is 3.27. The summed E-state index contributed by atoms with van der Waals surface area (Å²) in [7, 11) is 5.29. The predicted molar refractivity (Wildman–Crippen MR) is 131 cm³/mol. The number of nitrogens with one attached hydrogen (secondary N) is 1. The van der Waals surface area contributed by atoms with Crippen molar-refractivity contribution in [2.75, 3.05) is 67.1 Å². The van der Waals surface area contributed by atoms with Gasteiger partial charge in [0, 0.05) is 51.3 Å². The minimum absolute atomic E-state index is 0. The van der Waals surface area contributed by atoms with Gasteiger partial charge in [0.05, 0.1) is 19.3 Å². The highest BCUT2D eigenvalue weighted by Crippen LogP contribution is 2.24. The maximum atomic E-state index is 14.3. The van der Waals surface area contributed by atoms with Gasteiger partial charge < -0.3 is 24.8 Å². The number of hydrogen-bond donors (Lipinski definition) is 1. The third-order valence-electron chi connectivity index (χ3n) is 6.09. The number of amides is 1. The zero-order valence-corrected chi connectivity index (χ0v) is 21.4. The first-order valence-corrected chi connectivity index (χ1v) is 10.8. The number of carbonyl (C=O) groups excluding carboxylic acids is 1. The quantitative estimate of drug-likeness (QED) is 0.338. The van der Waals surface area contributed by atoms with Gasteiger partial charge in [-0.3, -0.25) is 9.79 Å². The lowest BCUT2D eigenvalue weighted by atomic mass is 9.95. The number of likely N-dealkylation sites (tertiary alicyclic amines) is 1. The van der Waals surface area contributed by atoms with Crippen LogP contribution in [0.1, 0.15) is 24.4 Å². The molecule has 0 aromatic heterocycles. The predicted octanol–water partition coefficient (Wildman–Crippen LogP) is 2.33. The summed E-state index contributed by atoms with van der Waals surface area (Å²) in [4.78, 5) is 22.9. The first-order valence-electron chi connectivity index (χ1n) is 10.8. The van der Waals surface area contributed by atoms with Gasteiger partial charge in [-0.1, -0.05) is 6.07 Å². The van der Waals surface area contributed by atoms with Crippen LogP contribution < -0.4 is 5.32 Å². The third-order valence-corrected chi connectivity index (χ3v) is 6.09. The van der Waals surface area contributed by atoms with E-state index in [0.717, 1.165) is 12.8 Å². The number of benzene rings is 1. The van der Waals surface area contributed by atoms with Crippen LogP contribution in [0, 0.1) is 17.6 Å². The molecule has 32 heavy (non-hydrogen) atoms. The Kier molecular flexibility index (Phi) is 10.6. The number of likely N-dealkylation sites (N-methyl/N-ethyl adjacent to an activating group) is 1. The average molecular weight is 565 g/mol. The molecule has 2 aliphatic heterocycles. The van der Waals surface area contributed by atoms with Gasteiger partial charge in [-0.15, -0.1) is 24.0 Å². The average Bonchev–Trinajstić information content (AvgIpc) is 2.78. The van der Waals surface area contributed by atoms with Crippen LogP contribution >= 0.6 is 24.0 Å². The number of rotatable bonds is 5. The molecule has 0 radical (unpaired) electrons. The van der Waals surface area contributed by atoms with Crippen LogP contribution in [0.2, 0.25) is 0 Å². The lowest BCUT2D eigenvalue weighted by Crippen LogP contribution is -2.50. The highest BCUT2D eigenvalue weighted by Gasteiger charge is 2.31. The molecule has 1 aromatic carbocycles. The summed E-state index contributed by atoms with van der Waals surface area (Å²) in [6.07, 6.45) is 1.52. The Hall–Kier alpha value is -1.53. The van der Waals surface area contributed by atoms with E-state index < -0.39 is 17.7 Å². The first-order chi connectivity index (χ1) is 14.9. The maximum absolute atomic E-state index is 14.3. The number of guanidine groups is 1. The molecule has 2 fully saturated rings. The van der Waals surface area contributed by atoms with Crippen molar-refractivity contribution in [2.24, 2.45) is 10.9 Å². The van der Waals surface area contributed by atoms with E-state index >= 15 is 0 Å². The van der Waals surface area contributed by atoms with Crippen LogP contribution in [-0.2, 0) is 9.53 Å². The molecule has 3 rings (SSSR count). The van der Waals surface area contributed by atoms with Gasteiger partial charge in [-0.2, -0.15) is 0 Å². The minimum Gasteiger partial charge on any atom is -0.378 e. The van der Waals surface area contributed by atoms with E-state index in [1.54, 1.807) is 26.0 Å².